The molecule has 1 aromatic rings. The summed E-state index contributed by atoms with van der Waals surface area (Å²) >= 11 is 0. The zero-order chi connectivity index (χ0) is 8.27. The highest BCUT2D eigenvalue weighted by Crippen LogP contribution is 2.10. The average molecular weight is 155 g/mol. The second-order valence-corrected chi connectivity index (χ2v) is 2.64. The lowest BCUT2D eigenvalue weighted by molar-refractivity contribution is 0.354. The third kappa shape index (κ3) is 2.01. The lowest BCUT2D eigenvalue weighted by Gasteiger charge is -2.02. The Balaban J connectivity index is 2.60. The Morgan fingerprint density at radius 1 is 1.64 bits per heavy atom. The van der Waals surface area contributed by atoms with Crippen molar-refractivity contribution in [3.05, 3.63) is 11.7 Å². The first-order valence-electron chi connectivity index (χ1n) is 3.69. The first kappa shape index (κ1) is 8.20. The number of nitrogens with one attached hydrogen (secondary N) is 1. The van der Waals surface area contributed by atoms with Crippen molar-refractivity contribution in [3.63, 3.8) is 0 Å². The van der Waals surface area contributed by atoms with Gasteiger partial charge >= 0.3 is 0 Å². The summed E-state index contributed by atoms with van der Waals surface area (Å²) in [5, 5.41) is 6.75. The van der Waals surface area contributed by atoms with Crippen molar-refractivity contribution in [1.82, 2.24) is 15.5 Å². The predicted octanol–water partition coefficient (Wildman–Crippen LogP) is 0.701. The maximum absolute atomic E-state index is 4.98. The molecular weight excluding hydrogens is 142 g/mol. The monoisotopic (exact) mass is 155 g/mol. The van der Waals surface area contributed by atoms with Gasteiger partial charge in [-0.05, 0) is 14.0 Å². The standard InChI is InChI=1S/C7H13N3O/c1-5(4-8-3)7-9-6(2)10-11-7/h5,8H,4H2,1-3H3. The summed E-state index contributed by atoms with van der Waals surface area (Å²) in [5.41, 5.74) is 0. The molecule has 0 saturated carbocycles. The number of aryl methyl sites for hydroxylation is 1. The zero-order valence-electron chi connectivity index (χ0n) is 7.09. The number of nitrogens with zero attached hydrogens (tertiary/aromatic N) is 2. The molecule has 0 bridgehead atoms. The van der Waals surface area contributed by atoms with E-state index in [9.17, 15) is 0 Å². The van der Waals surface area contributed by atoms with E-state index in [0.29, 0.717) is 17.6 Å². The molecule has 0 fully saturated rings. The third-order valence-electron chi connectivity index (χ3n) is 1.48. The highest BCUT2D eigenvalue weighted by Gasteiger charge is 2.10. The number of hydrogen-bond donors (Lipinski definition) is 1. The highest BCUT2D eigenvalue weighted by atomic mass is 16.5. The van der Waals surface area contributed by atoms with Gasteiger partial charge in [0.1, 0.15) is 0 Å². The molecule has 11 heavy (non-hydrogen) atoms. The van der Waals surface area contributed by atoms with Crippen molar-refractivity contribution in [3.8, 4) is 0 Å². The van der Waals surface area contributed by atoms with Gasteiger partial charge in [-0.25, -0.2) is 0 Å². The largest absolute Gasteiger partial charge is 0.339 e. The fourth-order valence-electron chi connectivity index (χ4n) is 0.907. The van der Waals surface area contributed by atoms with Crippen LogP contribution in [-0.2, 0) is 0 Å². The van der Waals surface area contributed by atoms with Crippen LogP contribution in [0.15, 0.2) is 4.52 Å². The predicted molar refractivity (Wildman–Crippen MR) is 41.4 cm³/mol. The van der Waals surface area contributed by atoms with Crippen LogP contribution in [0.3, 0.4) is 0 Å². The summed E-state index contributed by atoms with van der Waals surface area (Å²) in [7, 11) is 1.90. The van der Waals surface area contributed by atoms with E-state index in [-0.39, 0.29) is 0 Å². The summed E-state index contributed by atoms with van der Waals surface area (Å²) in [6, 6.07) is 0. The molecule has 1 rings (SSSR count). The van der Waals surface area contributed by atoms with Gasteiger partial charge in [-0.2, -0.15) is 4.98 Å². The molecule has 0 radical (unpaired) electrons. The van der Waals surface area contributed by atoms with Gasteiger partial charge in [0, 0.05) is 12.5 Å². The fraction of sp³-hybridized carbons (Fsp3) is 0.714. The molecule has 0 saturated heterocycles. The number of hydrogen-bond acceptors (Lipinski definition) is 4. The minimum atomic E-state index is 0.293. The van der Waals surface area contributed by atoms with Crippen LogP contribution < -0.4 is 5.32 Å². The Morgan fingerprint density at radius 2 is 2.36 bits per heavy atom. The molecule has 1 N–H and O–H groups in total. The van der Waals surface area contributed by atoms with Crippen LogP contribution in [0.4, 0.5) is 0 Å². The number of likely N-dealkylation sites (N-methyl/N-ethyl adjacent to an activating group) is 1. The van der Waals surface area contributed by atoms with Gasteiger partial charge < -0.3 is 9.84 Å². The summed E-state index contributed by atoms with van der Waals surface area (Å²) in [4.78, 5) is 4.11. The van der Waals surface area contributed by atoms with E-state index in [2.05, 4.69) is 15.5 Å². The quantitative estimate of drug-likeness (QED) is 0.698. The molecule has 0 aliphatic carbocycles. The number of rotatable bonds is 3. The van der Waals surface area contributed by atoms with Crippen molar-refractivity contribution >= 4 is 0 Å². The van der Waals surface area contributed by atoms with Crippen LogP contribution >= 0.6 is 0 Å². The lowest BCUT2D eigenvalue weighted by Crippen LogP contribution is -2.14. The van der Waals surface area contributed by atoms with Gasteiger partial charge in [-0.1, -0.05) is 12.1 Å². The lowest BCUT2D eigenvalue weighted by atomic mass is 10.2. The Morgan fingerprint density at radius 3 is 2.82 bits per heavy atom. The van der Waals surface area contributed by atoms with E-state index in [1.807, 2.05) is 20.9 Å². The third-order valence-corrected chi connectivity index (χ3v) is 1.48. The summed E-state index contributed by atoms with van der Waals surface area (Å²) in [6.07, 6.45) is 0. The van der Waals surface area contributed by atoms with E-state index in [4.69, 9.17) is 4.52 Å². The maximum atomic E-state index is 4.98. The Labute approximate surface area is 66.0 Å². The number of aromatic nitrogens is 2. The fourth-order valence-corrected chi connectivity index (χ4v) is 0.907. The van der Waals surface area contributed by atoms with Crippen LogP contribution in [0, 0.1) is 6.92 Å². The molecular formula is C7H13N3O. The Kier molecular flexibility index (Phi) is 2.59. The molecule has 62 valence electrons. The first-order valence-corrected chi connectivity index (χ1v) is 3.69. The van der Waals surface area contributed by atoms with Crippen molar-refractivity contribution in [1.29, 1.82) is 0 Å². The van der Waals surface area contributed by atoms with Gasteiger partial charge in [0.25, 0.3) is 0 Å². The molecule has 1 heterocycles. The van der Waals surface area contributed by atoms with Crippen molar-refractivity contribution in [2.75, 3.05) is 13.6 Å². The molecule has 0 aliphatic heterocycles. The van der Waals surface area contributed by atoms with Gasteiger partial charge in [-0.15, -0.1) is 0 Å². The Hall–Kier alpha value is -0.900. The van der Waals surface area contributed by atoms with Crippen LogP contribution in [-0.4, -0.2) is 23.7 Å². The Bertz CT molecular complexity index is 221. The first-order chi connectivity index (χ1) is 5.24. The minimum Gasteiger partial charge on any atom is -0.339 e. The highest BCUT2D eigenvalue weighted by molar-refractivity contribution is 4.91. The van der Waals surface area contributed by atoms with Crippen molar-refractivity contribution in [2.45, 2.75) is 19.8 Å². The molecule has 4 nitrogen and oxygen atoms in total. The van der Waals surface area contributed by atoms with E-state index in [1.54, 1.807) is 0 Å². The smallest absolute Gasteiger partial charge is 0.230 e. The van der Waals surface area contributed by atoms with Crippen molar-refractivity contribution in [2.24, 2.45) is 0 Å². The molecule has 1 unspecified atom stereocenters. The van der Waals surface area contributed by atoms with Gasteiger partial charge in [-0.3, -0.25) is 0 Å². The second-order valence-electron chi connectivity index (χ2n) is 2.64. The second kappa shape index (κ2) is 3.48. The summed E-state index contributed by atoms with van der Waals surface area (Å²) < 4.78 is 4.98. The van der Waals surface area contributed by atoms with Crippen LogP contribution in [0.25, 0.3) is 0 Å². The molecule has 4 heteroatoms. The maximum Gasteiger partial charge on any atom is 0.230 e. The topological polar surface area (TPSA) is 51.0 Å². The molecule has 0 aromatic carbocycles. The van der Waals surface area contributed by atoms with Crippen LogP contribution in [0.2, 0.25) is 0 Å². The summed E-state index contributed by atoms with van der Waals surface area (Å²) in [6.45, 7) is 4.73. The van der Waals surface area contributed by atoms with Gasteiger partial charge in [0.05, 0.1) is 0 Å². The normalized spacial score (nSPS) is 13.4. The molecule has 1 atom stereocenters. The molecule has 1 aromatic heterocycles. The SMILES string of the molecule is CNCC(C)c1nc(C)no1. The van der Waals surface area contributed by atoms with Gasteiger partial charge in [0.2, 0.25) is 5.89 Å². The van der Waals surface area contributed by atoms with Crippen LogP contribution in [0.5, 0.6) is 0 Å². The van der Waals surface area contributed by atoms with E-state index >= 15 is 0 Å². The van der Waals surface area contributed by atoms with E-state index < -0.39 is 0 Å². The zero-order valence-corrected chi connectivity index (χ0v) is 7.09. The van der Waals surface area contributed by atoms with Crippen molar-refractivity contribution < 1.29 is 4.52 Å². The van der Waals surface area contributed by atoms with Gasteiger partial charge in [0.15, 0.2) is 5.82 Å². The van der Waals surface area contributed by atoms with Crippen LogP contribution in [0.1, 0.15) is 24.6 Å². The minimum absolute atomic E-state index is 0.293. The average Bonchev–Trinajstić information content (AvgIpc) is 2.36. The summed E-state index contributed by atoms with van der Waals surface area (Å²) in [5.74, 6) is 1.70. The van der Waals surface area contributed by atoms with E-state index in [1.165, 1.54) is 0 Å². The molecule has 0 amide bonds. The molecule has 0 spiro atoms. The van der Waals surface area contributed by atoms with E-state index in [0.717, 1.165) is 6.54 Å². The molecule has 0 aliphatic rings.